The second-order valence-corrected chi connectivity index (χ2v) is 8.04. The molecule has 1 aromatic rings. The van der Waals surface area contributed by atoms with E-state index < -0.39 is 29.4 Å². The summed E-state index contributed by atoms with van der Waals surface area (Å²) in [5.41, 5.74) is -1.32. The average Bonchev–Trinajstić information content (AvgIpc) is 2.58. The van der Waals surface area contributed by atoms with Crippen LogP contribution < -0.4 is 0 Å². The Morgan fingerprint density at radius 2 is 1.41 bits per heavy atom. The van der Waals surface area contributed by atoms with E-state index >= 15 is 0 Å². The van der Waals surface area contributed by atoms with E-state index in [0.717, 1.165) is 4.90 Å². The first kappa shape index (κ1) is 24.3. The van der Waals surface area contributed by atoms with Gasteiger partial charge in [-0.1, -0.05) is 0 Å². The number of amides is 2. The van der Waals surface area contributed by atoms with Crippen LogP contribution in [-0.2, 0) is 25.6 Å². The molecule has 0 radical (unpaired) electrons. The summed E-state index contributed by atoms with van der Waals surface area (Å²) in [5.74, 6) is -0.207. The van der Waals surface area contributed by atoms with Gasteiger partial charge in [0, 0.05) is 12.4 Å². The van der Waals surface area contributed by atoms with E-state index in [9.17, 15) is 14.4 Å². The molecule has 1 aromatic heterocycles. The maximum absolute atomic E-state index is 12.4. The lowest BCUT2D eigenvalue weighted by Crippen LogP contribution is -2.45. The first-order valence-electron chi connectivity index (χ1n) is 9.03. The molecule has 0 spiro atoms. The fourth-order valence-corrected chi connectivity index (χ4v) is 1.86. The third kappa shape index (κ3) is 9.33. The molecule has 0 fully saturated rings. The second kappa shape index (κ2) is 10.1. The van der Waals surface area contributed by atoms with Crippen LogP contribution >= 0.6 is 0 Å². The minimum Gasteiger partial charge on any atom is -0.465 e. The topological polar surface area (TPSA) is 117 Å². The third-order valence-corrected chi connectivity index (χ3v) is 3.04. The molecule has 0 aliphatic heterocycles. The zero-order chi connectivity index (χ0) is 22.2. The van der Waals surface area contributed by atoms with Crippen LogP contribution in [0.1, 0.15) is 57.7 Å². The van der Waals surface area contributed by atoms with Gasteiger partial charge in [-0.05, 0) is 41.5 Å². The van der Waals surface area contributed by atoms with E-state index in [-0.39, 0.29) is 25.3 Å². The number of ether oxygens (including phenoxy) is 4. The highest BCUT2D eigenvalue weighted by atomic mass is 16.6. The van der Waals surface area contributed by atoms with Crippen LogP contribution in [0.3, 0.4) is 0 Å². The Kier molecular flexibility index (Phi) is 8.50. The number of nitrogens with zero attached hydrogens (tertiary/aromatic N) is 3. The molecular weight excluding hydrogens is 382 g/mol. The predicted molar refractivity (Wildman–Crippen MR) is 102 cm³/mol. The third-order valence-electron chi connectivity index (χ3n) is 3.04. The van der Waals surface area contributed by atoms with Gasteiger partial charge in [0.2, 0.25) is 0 Å². The van der Waals surface area contributed by atoms with Gasteiger partial charge in [-0.3, -0.25) is 0 Å². The smallest absolute Gasteiger partial charge is 0.419 e. The van der Waals surface area contributed by atoms with E-state index in [2.05, 4.69) is 14.7 Å². The molecule has 0 unspecified atom stereocenters. The Bertz CT molecular complexity index is 678. The average molecular weight is 411 g/mol. The molecular formula is C19H29N3O7. The number of carbonyl (C=O) groups is 3. The molecule has 10 nitrogen and oxygen atoms in total. The largest absolute Gasteiger partial charge is 0.465 e. The highest BCUT2D eigenvalue weighted by Gasteiger charge is 2.30. The number of rotatable bonds is 6. The Morgan fingerprint density at radius 1 is 0.931 bits per heavy atom. The van der Waals surface area contributed by atoms with Crippen LogP contribution in [0.15, 0.2) is 12.4 Å². The van der Waals surface area contributed by atoms with Gasteiger partial charge in [-0.15, -0.1) is 0 Å². The van der Waals surface area contributed by atoms with Crippen molar-refractivity contribution in [2.24, 2.45) is 0 Å². The van der Waals surface area contributed by atoms with Crippen molar-refractivity contribution in [1.29, 1.82) is 0 Å². The van der Waals surface area contributed by atoms with Crippen molar-refractivity contribution in [2.75, 3.05) is 20.3 Å². The first-order chi connectivity index (χ1) is 13.3. The Balaban J connectivity index is 2.66. The summed E-state index contributed by atoms with van der Waals surface area (Å²) in [6.07, 6.45) is 0.999. The molecule has 0 aromatic carbocycles. The molecule has 10 heteroatoms. The van der Waals surface area contributed by atoms with E-state index in [1.165, 1.54) is 19.5 Å². The van der Waals surface area contributed by atoms with Crippen LogP contribution in [0.25, 0.3) is 0 Å². The van der Waals surface area contributed by atoms with E-state index in [4.69, 9.17) is 14.2 Å². The van der Waals surface area contributed by atoms with Crippen LogP contribution in [0.5, 0.6) is 0 Å². The molecule has 0 bridgehead atoms. The van der Waals surface area contributed by atoms with Crippen LogP contribution in [0.2, 0.25) is 0 Å². The van der Waals surface area contributed by atoms with Gasteiger partial charge in [0.25, 0.3) is 0 Å². The number of carbonyl (C=O) groups excluding carboxylic acids is 3. The standard InChI is InChI=1S/C19H29N3O7/c1-18(2,3)28-16(24)22(17(25)29-19(4,5)6)8-9-27-12-14-20-10-13(11-21-14)15(23)26-7/h10-11H,8-9,12H2,1-7H3. The van der Waals surface area contributed by atoms with Gasteiger partial charge < -0.3 is 18.9 Å². The summed E-state index contributed by atoms with van der Waals surface area (Å²) >= 11 is 0. The summed E-state index contributed by atoms with van der Waals surface area (Å²) in [6.45, 7) is 10.2. The first-order valence-corrected chi connectivity index (χ1v) is 9.03. The number of methoxy groups -OCH3 is 1. The van der Waals surface area contributed by atoms with Crippen molar-refractivity contribution in [1.82, 2.24) is 14.9 Å². The number of imide groups is 1. The van der Waals surface area contributed by atoms with E-state index in [1.807, 2.05) is 0 Å². The van der Waals surface area contributed by atoms with Gasteiger partial charge in [-0.2, -0.15) is 0 Å². The summed E-state index contributed by atoms with van der Waals surface area (Å²) in [6, 6.07) is 0. The van der Waals surface area contributed by atoms with Gasteiger partial charge >= 0.3 is 18.2 Å². The minimum absolute atomic E-state index is 0.0145. The molecule has 2 amide bonds. The maximum atomic E-state index is 12.4. The SMILES string of the molecule is COC(=O)c1cnc(COCCN(C(=O)OC(C)(C)C)C(=O)OC(C)(C)C)nc1. The van der Waals surface area contributed by atoms with Gasteiger partial charge in [0.05, 0.1) is 25.8 Å². The molecule has 162 valence electrons. The predicted octanol–water partition coefficient (Wildman–Crippen LogP) is 2.95. The Labute approximate surface area is 170 Å². The highest BCUT2D eigenvalue weighted by Crippen LogP contribution is 2.14. The summed E-state index contributed by atoms with van der Waals surface area (Å²) in [7, 11) is 1.26. The number of hydrogen-bond donors (Lipinski definition) is 0. The minimum atomic E-state index is -0.825. The zero-order valence-electron chi connectivity index (χ0n) is 18.0. The van der Waals surface area contributed by atoms with Crippen molar-refractivity contribution in [3.05, 3.63) is 23.8 Å². The van der Waals surface area contributed by atoms with Gasteiger partial charge in [0.15, 0.2) is 5.82 Å². The summed E-state index contributed by atoms with van der Waals surface area (Å²) in [5, 5.41) is 0. The van der Waals surface area contributed by atoms with E-state index in [1.54, 1.807) is 41.5 Å². The molecule has 0 saturated heterocycles. The van der Waals surface area contributed by atoms with Gasteiger partial charge in [0.1, 0.15) is 17.8 Å². The van der Waals surface area contributed by atoms with E-state index in [0.29, 0.717) is 5.82 Å². The van der Waals surface area contributed by atoms with Crippen LogP contribution in [0, 0.1) is 0 Å². The second-order valence-electron chi connectivity index (χ2n) is 8.04. The fraction of sp³-hybridized carbons (Fsp3) is 0.632. The Hall–Kier alpha value is -2.75. The lowest BCUT2D eigenvalue weighted by atomic mass is 10.2. The molecule has 0 N–H and O–H groups in total. The Morgan fingerprint density at radius 3 is 1.83 bits per heavy atom. The quantitative estimate of drug-likeness (QED) is 0.395. The number of aromatic nitrogens is 2. The number of hydrogen-bond acceptors (Lipinski definition) is 9. The molecule has 29 heavy (non-hydrogen) atoms. The number of esters is 1. The molecule has 1 heterocycles. The molecule has 0 atom stereocenters. The van der Waals surface area contributed by atoms with Crippen molar-refractivity contribution in [3.63, 3.8) is 0 Å². The lowest BCUT2D eigenvalue weighted by Gasteiger charge is -2.28. The van der Waals surface area contributed by atoms with Crippen molar-refractivity contribution in [2.45, 2.75) is 59.4 Å². The van der Waals surface area contributed by atoms with Crippen molar-refractivity contribution in [3.8, 4) is 0 Å². The fourth-order valence-electron chi connectivity index (χ4n) is 1.86. The van der Waals surface area contributed by atoms with Gasteiger partial charge in [-0.25, -0.2) is 29.3 Å². The monoisotopic (exact) mass is 411 g/mol. The van der Waals surface area contributed by atoms with Crippen molar-refractivity contribution < 1.29 is 33.3 Å². The van der Waals surface area contributed by atoms with Crippen LogP contribution in [-0.4, -0.2) is 64.5 Å². The van der Waals surface area contributed by atoms with Crippen LogP contribution in [0.4, 0.5) is 9.59 Å². The maximum Gasteiger partial charge on any atom is 0.419 e. The zero-order valence-corrected chi connectivity index (χ0v) is 18.0. The molecule has 1 rings (SSSR count). The van der Waals surface area contributed by atoms with Crippen molar-refractivity contribution >= 4 is 18.2 Å². The normalized spacial score (nSPS) is 11.6. The highest BCUT2D eigenvalue weighted by molar-refractivity contribution is 5.88. The molecule has 0 aliphatic carbocycles. The summed E-state index contributed by atoms with van der Waals surface area (Å²) < 4.78 is 20.5. The lowest BCUT2D eigenvalue weighted by molar-refractivity contribution is -0.00563. The molecule has 0 saturated carbocycles. The summed E-state index contributed by atoms with van der Waals surface area (Å²) in [4.78, 5) is 44.9. The molecule has 0 aliphatic rings.